The van der Waals surface area contributed by atoms with E-state index in [9.17, 15) is 28.0 Å². The van der Waals surface area contributed by atoms with Gasteiger partial charge in [0.15, 0.2) is 16.9 Å². The molecule has 1 amide bonds. The maximum absolute atomic E-state index is 14.2. The number of alkyl halides is 3. The Kier molecular flexibility index (Phi) is 8.32. The summed E-state index contributed by atoms with van der Waals surface area (Å²) in [6.07, 6.45) is -5.13. The predicted molar refractivity (Wildman–Crippen MR) is 152 cm³/mol. The van der Waals surface area contributed by atoms with Crippen molar-refractivity contribution in [3.8, 4) is 29.7 Å². The van der Waals surface area contributed by atoms with Gasteiger partial charge < -0.3 is 20.3 Å². The molecule has 4 aromatic rings. The number of benzene rings is 2. The van der Waals surface area contributed by atoms with Gasteiger partial charge in [-0.3, -0.25) is 18.7 Å². The fourth-order valence-corrected chi connectivity index (χ4v) is 4.59. The molecule has 1 saturated heterocycles. The summed E-state index contributed by atoms with van der Waals surface area (Å²) in [6.45, 7) is 4.45. The van der Waals surface area contributed by atoms with Crippen molar-refractivity contribution >= 4 is 28.7 Å². The van der Waals surface area contributed by atoms with Crippen LogP contribution in [0.15, 0.2) is 53.3 Å². The van der Waals surface area contributed by atoms with Crippen molar-refractivity contribution in [2.45, 2.75) is 26.2 Å². The molecule has 2 N–H and O–H groups in total. The molecule has 43 heavy (non-hydrogen) atoms. The van der Waals surface area contributed by atoms with Crippen LogP contribution >= 0.6 is 0 Å². The first-order chi connectivity index (χ1) is 20.7. The van der Waals surface area contributed by atoms with E-state index >= 15 is 0 Å². The minimum absolute atomic E-state index is 0.0604. The zero-order valence-corrected chi connectivity index (χ0v) is 22.9. The van der Waals surface area contributed by atoms with Crippen molar-refractivity contribution in [2.24, 2.45) is 0 Å². The first-order valence-corrected chi connectivity index (χ1v) is 13.2. The average Bonchev–Trinajstić information content (AvgIpc) is 3.37. The Morgan fingerprint density at radius 2 is 1.88 bits per heavy atom. The van der Waals surface area contributed by atoms with E-state index in [4.69, 9.17) is 4.74 Å². The highest BCUT2D eigenvalue weighted by Gasteiger charge is 2.39. The van der Waals surface area contributed by atoms with Gasteiger partial charge in [0, 0.05) is 26.2 Å². The van der Waals surface area contributed by atoms with Crippen LogP contribution in [0.25, 0.3) is 11.2 Å². The van der Waals surface area contributed by atoms with Crippen LogP contribution in [0.2, 0.25) is 0 Å². The highest BCUT2D eigenvalue weighted by Crippen LogP contribution is 2.31. The Morgan fingerprint density at radius 1 is 1.12 bits per heavy atom. The van der Waals surface area contributed by atoms with E-state index in [1.54, 1.807) is 41.1 Å². The number of hydrogen-bond donors (Lipinski definition) is 2. The number of ether oxygens (including phenoxy) is 1. The number of piperazine rings is 1. The van der Waals surface area contributed by atoms with Gasteiger partial charge in [-0.2, -0.15) is 28.4 Å². The normalized spacial score (nSPS) is 13.2. The molecule has 1 aliphatic rings. The first kappa shape index (κ1) is 29.2. The fourth-order valence-electron chi connectivity index (χ4n) is 4.59. The third-order valence-electron chi connectivity index (χ3n) is 6.61. The number of nitrogens with one attached hydrogen (secondary N) is 2. The van der Waals surface area contributed by atoms with E-state index < -0.39 is 17.6 Å². The summed E-state index contributed by atoms with van der Waals surface area (Å²) >= 11 is 0. The van der Waals surface area contributed by atoms with E-state index in [2.05, 4.69) is 33.2 Å². The van der Waals surface area contributed by atoms with Crippen molar-refractivity contribution in [1.29, 1.82) is 5.26 Å². The van der Waals surface area contributed by atoms with Crippen molar-refractivity contribution in [3.63, 3.8) is 0 Å². The fraction of sp³-hybridized carbons (Fsp3) is 0.276. The summed E-state index contributed by atoms with van der Waals surface area (Å²) in [5.74, 6) is 3.95. The topological polar surface area (TPSA) is 130 Å². The van der Waals surface area contributed by atoms with Gasteiger partial charge in [-0.15, -0.1) is 5.92 Å². The number of amides is 1. The lowest BCUT2D eigenvalue weighted by atomic mass is 10.1. The van der Waals surface area contributed by atoms with Crippen molar-refractivity contribution < 1.29 is 22.7 Å². The summed E-state index contributed by atoms with van der Waals surface area (Å²) in [6, 6.07) is 13.9. The van der Waals surface area contributed by atoms with Gasteiger partial charge >= 0.3 is 18.1 Å². The Labute approximate surface area is 243 Å². The van der Waals surface area contributed by atoms with E-state index in [-0.39, 0.29) is 41.7 Å². The molecule has 1 aliphatic heterocycles. The smallest absolute Gasteiger partial charge is 0.423 e. The molecule has 0 bridgehead atoms. The number of aromatic nitrogens is 4. The number of carbonyl (C=O) groups excluding carboxylic acids is 1. The molecule has 11 nitrogen and oxygen atoms in total. The molecule has 1 fully saturated rings. The second kappa shape index (κ2) is 12.3. The van der Waals surface area contributed by atoms with E-state index in [0.29, 0.717) is 43.3 Å². The molecule has 3 heterocycles. The largest absolute Gasteiger partial charge is 0.471 e. The lowest BCUT2D eigenvalue weighted by molar-refractivity contribution is -0.167. The van der Waals surface area contributed by atoms with Crippen LogP contribution in [0.3, 0.4) is 0 Å². The predicted octanol–water partition coefficient (Wildman–Crippen LogP) is 3.24. The lowest BCUT2D eigenvalue weighted by Gasteiger charge is -2.28. The Balaban J connectivity index is 1.68. The average molecular weight is 591 g/mol. The number of fused-ring (bicyclic) bond motifs is 1. The van der Waals surface area contributed by atoms with Crippen LogP contribution in [0.1, 0.15) is 18.1 Å². The second-order valence-electron chi connectivity index (χ2n) is 9.48. The highest BCUT2D eigenvalue weighted by molar-refractivity contribution is 5.96. The van der Waals surface area contributed by atoms with Gasteiger partial charge in [-0.25, -0.2) is 0 Å². The van der Waals surface area contributed by atoms with Gasteiger partial charge in [0.05, 0.1) is 30.4 Å². The first-order valence-electron chi connectivity index (χ1n) is 13.2. The molecule has 0 unspecified atom stereocenters. The van der Waals surface area contributed by atoms with Crippen molar-refractivity contribution in [1.82, 2.24) is 24.4 Å². The van der Waals surface area contributed by atoms with E-state index in [0.717, 1.165) is 0 Å². The summed E-state index contributed by atoms with van der Waals surface area (Å²) in [5, 5.41) is 14.4. The summed E-state index contributed by atoms with van der Waals surface area (Å²) in [4.78, 5) is 37.1. The maximum Gasteiger partial charge on any atom is 0.471 e. The van der Waals surface area contributed by atoms with Gasteiger partial charge in [0.2, 0.25) is 5.95 Å². The Bertz CT molecular complexity index is 1840. The van der Waals surface area contributed by atoms with Crippen LogP contribution in [-0.2, 0) is 17.9 Å². The SMILES string of the molecule is CC#CCn1c(N2CCNCC2)nc2nc(Oc3ccccc3NC(=O)C(F)(F)F)n(Cc3cccc(C#N)c3)c(=O)c21. The summed E-state index contributed by atoms with van der Waals surface area (Å²) in [7, 11) is 0. The Hall–Kier alpha value is -5.34. The summed E-state index contributed by atoms with van der Waals surface area (Å²) < 4.78 is 47.9. The van der Waals surface area contributed by atoms with Gasteiger partial charge in [0.1, 0.15) is 0 Å². The molecule has 0 atom stereocenters. The zero-order valence-electron chi connectivity index (χ0n) is 22.9. The molecule has 220 valence electrons. The maximum atomic E-state index is 14.2. The lowest BCUT2D eigenvalue weighted by Crippen LogP contribution is -2.44. The van der Waals surface area contributed by atoms with Crippen molar-refractivity contribution in [2.75, 3.05) is 36.4 Å². The zero-order chi connectivity index (χ0) is 30.6. The standard InChI is InChI=1S/C29H25F3N8O3/c1-2-3-13-39-23-24(36-27(39)38-14-11-34-12-15-38)37-28(40(25(23)41)18-20-8-6-7-19(16-20)17-33)43-22-10-5-4-9-21(22)35-26(42)29(30,31)32/h4-10,16,34H,11-15,18H2,1H3,(H,35,42). The monoisotopic (exact) mass is 590 g/mol. The minimum atomic E-state index is -5.13. The molecule has 0 spiro atoms. The molecular weight excluding hydrogens is 565 g/mol. The van der Waals surface area contributed by atoms with Crippen LogP contribution in [-0.4, -0.2) is 57.4 Å². The number of hydrogen-bond acceptors (Lipinski definition) is 8. The third kappa shape index (κ3) is 6.29. The van der Waals surface area contributed by atoms with E-state index in [1.807, 2.05) is 4.90 Å². The molecule has 0 aliphatic carbocycles. The molecule has 0 saturated carbocycles. The number of para-hydroxylation sites is 2. The van der Waals surface area contributed by atoms with Crippen LogP contribution < -0.4 is 25.8 Å². The van der Waals surface area contributed by atoms with Crippen LogP contribution in [0.4, 0.5) is 24.8 Å². The second-order valence-corrected chi connectivity index (χ2v) is 9.48. The number of anilines is 2. The van der Waals surface area contributed by atoms with Gasteiger partial charge in [-0.1, -0.05) is 30.2 Å². The number of rotatable bonds is 7. The van der Waals surface area contributed by atoms with Crippen LogP contribution in [0.5, 0.6) is 11.8 Å². The third-order valence-corrected chi connectivity index (χ3v) is 6.61. The molecule has 2 aromatic heterocycles. The molecule has 5 rings (SSSR count). The minimum Gasteiger partial charge on any atom is -0.423 e. The van der Waals surface area contributed by atoms with Gasteiger partial charge in [0.25, 0.3) is 5.56 Å². The van der Waals surface area contributed by atoms with E-state index in [1.165, 1.54) is 28.8 Å². The molecular formula is C29H25F3N8O3. The van der Waals surface area contributed by atoms with Gasteiger partial charge in [-0.05, 0) is 36.8 Å². The highest BCUT2D eigenvalue weighted by atomic mass is 19.4. The number of carbonyl (C=O) groups is 1. The quantitative estimate of drug-likeness (QED) is 0.314. The summed E-state index contributed by atoms with van der Waals surface area (Å²) in [5.41, 5.74) is 0.358. The molecule has 0 radical (unpaired) electrons. The van der Waals surface area contributed by atoms with Crippen LogP contribution in [0, 0.1) is 23.2 Å². The number of imidazole rings is 1. The Morgan fingerprint density at radius 3 is 2.60 bits per heavy atom. The van der Waals surface area contributed by atoms with Crippen molar-refractivity contribution in [3.05, 3.63) is 70.0 Å². The molecule has 14 heteroatoms. The number of halogens is 3. The number of nitrogens with zero attached hydrogens (tertiary/aromatic N) is 6. The molecule has 2 aromatic carbocycles. The number of nitriles is 1.